The molecule has 0 saturated carbocycles. The Bertz CT molecular complexity index is 870. The van der Waals surface area contributed by atoms with Crippen LogP contribution >= 0.6 is 11.6 Å². The number of anilines is 2. The van der Waals surface area contributed by atoms with Crippen LogP contribution in [0.15, 0.2) is 36.5 Å². The van der Waals surface area contributed by atoms with Gasteiger partial charge in [-0.15, -0.1) is 0 Å². The number of nitrogen functional groups attached to an aromatic ring is 1. The zero-order valence-electron chi connectivity index (χ0n) is 13.7. The number of aromatic nitrogens is 3. The summed E-state index contributed by atoms with van der Waals surface area (Å²) in [6, 6.07) is 2.07. The molecule has 24 heavy (non-hydrogen) atoms. The van der Waals surface area contributed by atoms with Gasteiger partial charge in [-0.2, -0.15) is 14.9 Å². The Morgan fingerprint density at radius 1 is 1.54 bits per heavy atom. The first-order valence-electron chi connectivity index (χ1n) is 7.46. The molecule has 124 valence electrons. The van der Waals surface area contributed by atoms with E-state index in [1.54, 1.807) is 13.0 Å². The molecule has 2 heterocycles. The molecule has 0 aliphatic carbocycles. The summed E-state index contributed by atoms with van der Waals surface area (Å²) in [5.74, 6) is 0.618. The smallest absolute Gasteiger partial charge is 0.178 e. The molecule has 2 rings (SSSR count). The lowest BCUT2D eigenvalue weighted by molar-refractivity contribution is 0.920. The first kappa shape index (κ1) is 17.6. The van der Waals surface area contributed by atoms with Gasteiger partial charge in [-0.3, -0.25) is 0 Å². The summed E-state index contributed by atoms with van der Waals surface area (Å²) >= 11 is 6.20. The number of rotatable bonds is 6. The molecule has 3 N–H and O–H groups in total. The number of nitriles is 1. The standard InChI is InChI=1S/C17H19ClN6/c1-4-6-7-12(5-2)8-9-21-16-13(10-19)15(20)24-17(22-16)14(18)11(3)23-24/h4-7H,2,8-9,20H2,1,3H3,(H,21,22)/b6-4-,12-7+. The first-order chi connectivity index (χ1) is 11.5. The van der Waals surface area contributed by atoms with Crippen LogP contribution in [0.5, 0.6) is 0 Å². The van der Waals surface area contributed by atoms with E-state index in [2.05, 4.69) is 28.0 Å². The number of hydrogen-bond donors (Lipinski definition) is 2. The number of nitrogens with one attached hydrogen (secondary N) is 1. The summed E-state index contributed by atoms with van der Waals surface area (Å²) in [5, 5.41) is 17.2. The fraction of sp³-hybridized carbons (Fsp3) is 0.235. The molecule has 2 aromatic rings. The Labute approximate surface area is 145 Å². The molecule has 0 atom stereocenters. The monoisotopic (exact) mass is 342 g/mol. The fourth-order valence-electron chi connectivity index (χ4n) is 2.19. The Hall–Kier alpha value is -2.78. The van der Waals surface area contributed by atoms with E-state index in [4.69, 9.17) is 17.3 Å². The molecule has 0 saturated heterocycles. The number of nitrogens with two attached hydrogens (primary N) is 1. The minimum absolute atomic E-state index is 0.216. The molecule has 2 aromatic heterocycles. The summed E-state index contributed by atoms with van der Waals surface area (Å²) in [7, 11) is 0. The van der Waals surface area contributed by atoms with Crippen LogP contribution in [0, 0.1) is 18.3 Å². The van der Waals surface area contributed by atoms with E-state index >= 15 is 0 Å². The average Bonchev–Trinajstić information content (AvgIpc) is 2.86. The van der Waals surface area contributed by atoms with Gasteiger partial charge >= 0.3 is 0 Å². The highest BCUT2D eigenvalue weighted by Gasteiger charge is 2.17. The minimum Gasteiger partial charge on any atom is -0.382 e. The summed E-state index contributed by atoms with van der Waals surface area (Å²) in [6.45, 7) is 8.09. The van der Waals surface area contributed by atoms with E-state index in [-0.39, 0.29) is 11.4 Å². The van der Waals surface area contributed by atoms with Crippen molar-refractivity contribution in [1.82, 2.24) is 14.6 Å². The highest BCUT2D eigenvalue weighted by Crippen LogP contribution is 2.27. The van der Waals surface area contributed by atoms with E-state index in [9.17, 15) is 5.26 Å². The summed E-state index contributed by atoms with van der Waals surface area (Å²) in [5.41, 5.74) is 8.41. The predicted molar refractivity (Wildman–Crippen MR) is 98.1 cm³/mol. The van der Waals surface area contributed by atoms with Crippen LogP contribution in [0.25, 0.3) is 5.65 Å². The quantitative estimate of drug-likeness (QED) is 0.782. The van der Waals surface area contributed by atoms with Crippen molar-refractivity contribution in [3.05, 3.63) is 52.7 Å². The van der Waals surface area contributed by atoms with Crippen molar-refractivity contribution < 1.29 is 0 Å². The van der Waals surface area contributed by atoms with E-state index < -0.39 is 0 Å². The lowest BCUT2D eigenvalue weighted by Gasteiger charge is -2.10. The molecule has 7 heteroatoms. The maximum atomic E-state index is 9.38. The molecule has 0 bridgehead atoms. The molecule has 0 unspecified atom stereocenters. The molecule has 6 nitrogen and oxygen atoms in total. The normalized spacial score (nSPS) is 11.8. The third-order valence-corrected chi connectivity index (χ3v) is 3.93. The van der Waals surface area contributed by atoms with E-state index in [0.29, 0.717) is 28.7 Å². The lowest BCUT2D eigenvalue weighted by atomic mass is 10.1. The number of hydrogen-bond acceptors (Lipinski definition) is 5. The maximum Gasteiger partial charge on any atom is 0.178 e. The fourth-order valence-corrected chi connectivity index (χ4v) is 2.35. The van der Waals surface area contributed by atoms with Gasteiger partial charge in [0.2, 0.25) is 0 Å². The third kappa shape index (κ3) is 3.42. The highest BCUT2D eigenvalue weighted by atomic mass is 35.5. The topological polar surface area (TPSA) is 92.0 Å². The Morgan fingerprint density at radius 2 is 2.29 bits per heavy atom. The second kappa shape index (κ2) is 7.66. The van der Waals surface area contributed by atoms with Crippen LogP contribution in [-0.4, -0.2) is 21.1 Å². The van der Waals surface area contributed by atoms with Gasteiger partial charge in [0, 0.05) is 6.54 Å². The van der Waals surface area contributed by atoms with Crippen molar-refractivity contribution in [1.29, 1.82) is 5.26 Å². The number of allylic oxidation sites excluding steroid dienone is 4. The molecular formula is C17H19ClN6. The van der Waals surface area contributed by atoms with E-state index in [0.717, 1.165) is 12.0 Å². The molecule has 0 spiro atoms. The summed E-state index contributed by atoms with van der Waals surface area (Å²) in [4.78, 5) is 4.41. The Kier molecular flexibility index (Phi) is 5.61. The van der Waals surface area contributed by atoms with Crippen molar-refractivity contribution in [2.45, 2.75) is 20.3 Å². The van der Waals surface area contributed by atoms with Crippen molar-refractivity contribution in [2.24, 2.45) is 0 Å². The van der Waals surface area contributed by atoms with Gasteiger partial charge in [0.15, 0.2) is 5.65 Å². The number of fused-ring (bicyclic) bond motifs is 1. The zero-order valence-corrected chi connectivity index (χ0v) is 14.4. The number of nitrogens with zero attached hydrogens (tertiary/aromatic N) is 4. The number of halogens is 1. The van der Waals surface area contributed by atoms with Gasteiger partial charge in [-0.25, -0.2) is 4.98 Å². The van der Waals surface area contributed by atoms with Crippen molar-refractivity contribution in [2.75, 3.05) is 17.6 Å². The van der Waals surface area contributed by atoms with Gasteiger partial charge in [-0.05, 0) is 25.8 Å². The van der Waals surface area contributed by atoms with Crippen molar-refractivity contribution >= 4 is 28.9 Å². The summed E-state index contributed by atoms with van der Waals surface area (Å²) in [6.07, 6.45) is 8.42. The molecule has 0 aromatic carbocycles. The molecule has 0 aliphatic heterocycles. The minimum atomic E-state index is 0.216. The van der Waals surface area contributed by atoms with Gasteiger partial charge in [-0.1, -0.05) is 42.5 Å². The van der Waals surface area contributed by atoms with Crippen LogP contribution < -0.4 is 11.1 Å². The zero-order chi connectivity index (χ0) is 17.7. The largest absolute Gasteiger partial charge is 0.382 e. The molecule has 0 radical (unpaired) electrons. The van der Waals surface area contributed by atoms with E-state index in [1.807, 2.05) is 25.2 Å². The summed E-state index contributed by atoms with van der Waals surface area (Å²) < 4.78 is 1.39. The van der Waals surface area contributed by atoms with Gasteiger partial charge < -0.3 is 11.1 Å². The molecule has 0 amide bonds. The second-order valence-electron chi connectivity index (χ2n) is 5.12. The maximum absolute atomic E-state index is 9.38. The van der Waals surface area contributed by atoms with Gasteiger partial charge in [0.1, 0.15) is 28.3 Å². The lowest BCUT2D eigenvalue weighted by Crippen LogP contribution is -2.11. The average molecular weight is 343 g/mol. The molecule has 0 fully saturated rings. The first-order valence-corrected chi connectivity index (χ1v) is 7.83. The Balaban J connectivity index is 2.30. The van der Waals surface area contributed by atoms with Crippen molar-refractivity contribution in [3.8, 4) is 6.07 Å². The molecule has 0 aliphatic rings. The number of aryl methyl sites for hydroxylation is 1. The van der Waals surface area contributed by atoms with Crippen LogP contribution in [-0.2, 0) is 0 Å². The van der Waals surface area contributed by atoms with Gasteiger partial charge in [0.25, 0.3) is 0 Å². The SMILES string of the molecule is C=C/C(=C\C=C/C)CCNc1nc2c(Cl)c(C)nn2c(N)c1C#N. The predicted octanol–water partition coefficient (Wildman–Crippen LogP) is 3.64. The van der Waals surface area contributed by atoms with Gasteiger partial charge in [0.05, 0.1) is 5.69 Å². The van der Waals surface area contributed by atoms with Crippen LogP contribution in [0.3, 0.4) is 0 Å². The van der Waals surface area contributed by atoms with Crippen molar-refractivity contribution in [3.63, 3.8) is 0 Å². The Morgan fingerprint density at radius 3 is 2.92 bits per heavy atom. The van der Waals surface area contributed by atoms with E-state index in [1.165, 1.54) is 4.52 Å². The highest BCUT2D eigenvalue weighted by molar-refractivity contribution is 6.34. The van der Waals surface area contributed by atoms with Crippen LogP contribution in [0.1, 0.15) is 24.6 Å². The van der Waals surface area contributed by atoms with Crippen LogP contribution in [0.2, 0.25) is 5.02 Å². The van der Waals surface area contributed by atoms with Crippen LogP contribution in [0.4, 0.5) is 11.6 Å². The third-order valence-electron chi connectivity index (χ3n) is 3.49. The molecular weight excluding hydrogens is 324 g/mol. The second-order valence-corrected chi connectivity index (χ2v) is 5.49.